The second-order valence-electron chi connectivity index (χ2n) is 6.78. The SMILES string of the molecule is C[C@@H](c1ccc(NC(=O)NCc2ccc(Cl)cc2)cc1)N1CCCCC1=O. The maximum absolute atomic E-state index is 12.1. The number of urea groups is 1. The number of nitrogens with zero attached hydrogens (tertiary/aromatic N) is 1. The minimum absolute atomic E-state index is 0.0468. The van der Waals surface area contributed by atoms with Crippen LogP contribution in [0.15, 0.2) is 48.5 Å². The molecule has 1 saturated heterocycles. The minimum Gasteiger partial charge on any atom is -0.336 e. The Morgan fingerprint density at radius 1 is 1.11 bits per heavy atom. The molecule has 0 bridgehead atoms. The average molecular weight is 386 g/mol. The first-order chi connectivity index (χ1) is 13.0. The van der Waals surface area contributed by atoms with Crippen LogP contribution in [0.4, 0.5) is 10.5 Å². The topological polar surface area (TPSA) is 61.4 Å². The standard InChI is InChI=1S/C21H24ClN3O2/c1-15(25-13-3-2-4-20(25)26)17-7-11-19(12-8-17)24-21(27)23-14-16-5-9-18(22)10-6-16/h5-12,15H,2-4,13-14H2,1H3,(H2,23,24,27)/t15-/m0/s1. The molecule has 3 rings (SSSR count). The molecule has 1 heterocycles. The zero-order valence-electron chi connectivity index (χ0n) is 15.4. The van der Waals surface area contributed by atoms with E-state index in [-0.39, 0.29) is 18.0 Å². The van der Waals surface area contributed by atoms with E-state index in [0.29, 0.717) is 23.7 Å². The molecule has 1 fully saturated rings. The van der Waals surface area contributed by atoms with Crippen molar-refractivity contribution in [2.24, 2.45) is 0 Å². The lowest BCUT2D eigenvalue weighted by molar-refractivity contribution is -0.135. The highest BCUT2D eigenvalue weighted by molar-refractivity contribution is 6.30. The number of anilines is 1. The summed E-state index contributed by atoms with van der Waals surface area (Å²) in [5.74, 6) is 0.220. The molecule has 5 nitrogen and oxygen atoms in total. The van der Waals surface area contributed by atoms with Gasteiger partial charge in [0.25, 0.3) is 0 Å². The Kier molecular flexibility index (Phi) is 6.35. The Bertz CT molecular complexity index is 790. The molecule has 1 aliphatic rings. The van der Waals surface area contributed by atoms with Crippen molar-refractivity contribution in [3.8, 4) is 0 Å². The van der Waals surface area contributed by atoms with Gasteiger partial charge in [-0.1, -0.05) is 35.9 Å². The first-order valence-electron chi connectivity index (χ1n) is 9.21. The molecule has 2 aromatic rings. The quantitative estimate of drug-likeness (QED) is 0.781. The number of rotatable bonds is 5. The highest BCUT2D eigenvalue weighted by Gasteiger charge is 2.23. The maximum atomic E-state index is 12.1. The van der Waals surface area contributed by atoms with E-state index in [4.69, 9.17) is 11.6 Å². The van der Waals surface area contributed by atoms with Gasteiger partial charge >= 0.3 is 6.03 Å². The van der Waals surface area contributed by atoms with Gasteiger partial charge in [-0.05, 0) is 55.2 Å². The third-order valence-electron chi connectivity index (χ3n) is 4.84. The van der Waals surface area contributed by atoms with Crippen LogP contribution in [-0.2, 0) is 11.3 Å². The van der Waals surface area contributed by atoms with Crippen molar-refractivity contribution >= 4 is 29.2 Å². The second-order valence-corrected chi connectivity index (χ2v) is 7.21. The number of hydrogen-bond acceptors (Lipinski definition) is 2. The van der Waals surface area contributed by atoms with Crippen LogP contribution in [-0.4, -0.2) is 23.4 Å². The van der Waals surface area contributed by atoms with Crippen molar-refractivity contribution < 1.29 is 9.59 Å². The number of likely N-dealkylation sites (tertiary alicyclic amines) is 1. The average Bonchev–Trinajstić information content (AvgIpc) is 2.68. The van der Waals surface area contributed by atoms with E-state index in [0.717, 1.165) is 30.5 Å². The van der Waals surface area contributed by atoms with Crippen molar-refractivity contribution in [2.45, 2.75) is 38.8 Å². The number of hydrogen-bond donors (Lipinski definition) is 2. The van der Waals surface area contributed by atoms with Crippen molar-refractivity contribution in [1.29, 1.82) is 0 Å². The van der Waals surface area contributed by atoms with Crippen LogP contribution in [0.25, 0.3) is 0 Å². The minimum atomic E-state index is -0.267. The van der Waals surface area contributed by atoms with E-state index < -0.39 is 0 Å². The van der Waals surface area contributed by atoms with Crippen LogP contribution in [0.2, 0.25) is 5.02 Å². The molecule has 2 aromatic carbocycles. The van der Waals surface area contributed by atoms with Gasteiger partial charge in [0.2, 0.25) is 5.91 Å². The van der Waals surface area contributed by atoms with Crippen LogP contribution < -0.4 is 10.6 Å². The Morgan fingerprint density at radius 3 is 2.48 bits per heavy atom. The lowest BCUT2D eigenvalue weighted by Gasteiger charge is -2.32. The summed E-state index contributed by atoms with van der Waals surface area (Å²) in [5.41, 5.74) is 2.76. The lowest BCUT2D eigenvalue weighted by Crippen LogP contribution is -2.37. The van der Waals surface area contributed by atoms with Crippen molar-refractivity contribution in [3.05, 3.63) is 64.7 Å². The van der Waals surface area contributed by atoms with E-state index >= 15 is 0 Å². The largest absolute Gasteiger partial charge is 0.336 e. The van der Waals surface area contributed by atoms with Crippen LogP contribution in [0, 0.1) is 0 Å². The summed E-state index contributed by atoms with van der Waals surface area (Å²) in [6.45, 7) is 3.28. The molecule has 1 aliphatic heterocycles. The summed E-state index contributed by atoms with van der Waals surface area (Å²) in [7, 11) is 0. The van der Waals surface area contributed by atoms with E-state index in [1.807, 2.05) is 48.2 Å². The maximum Gasteiger partial charge on any atom is 0.319 e. The Hall–Kier alpha value is -2.53. The molecule has 0 unspecified atom stereocenters. The van der Waals surface area contributed by atoms with Crippen LogP contribution in [0.3, 0.4) is 0 Å². The van der Waals surface area contributed by atoms with Gasteiger partial charge in [-0.3, -0.25) is 4.79 Å². The van der Waals surface area contributed by atoms with E-state index in [1.165, 1.54) is 0 Å². The molecular formula is C21H24ClN3O2. The molecule has 142 valence electrons. The molecule has 1 atom stereocenters. The first-order valence-corrected chi connectivity index (χ1v) is 9.59. The third-order valence-corrected chi connectivity index (χ3v) is 5.10. The molecular weight excluding hydrogens is 362 g/mol. The number of piperidine rings is 1. The summed E-state index contributed by atoms with van der Waals surface area (Å²) in [4.78, 5) is 26.1. The fraction of sp³-hybridized carbons (Fsp3) is 0.333. The first kappa shape index (κ1) is 19.2. The lowest BCUT2D eigenvalue weighted by atomic mass is 10.0. The number of halogens is 1. The number of nitrogens with one attached hydrogen (secondary N) is 2. The predicted molar refractivity (Wildman–Crippen MR) is 108 cm³/mol. The van der Waals surface area contributed by atoms with Gasteiger partial charge < -0.3 is 15.5 Å². The smallest absolute Gasteiger partial charge is 0.319 e. The highest BCUT2D eigenvalue weighted by Crippen LogP contribution is 2.25. The van der Waals surface area contributed by atoms with Crippen LogP contribution in [0.5, 0.6) is 0 Å². The van der Waals surface area contributed by atoms with Crippen LogP contribution >= 0.6 is 11.6 Å². The fourth-order valence-corrected chi connectivity index (χ4v) is 3.35. The van der Waals surface area contributed by atoms with Gasteiger partial charge in [0.05, 0.1) is 6.04 Å². The van der Waals surface area contributed by atoms with Gasteiger partial charge in [-0.2, -0.15) is 0 Å². The zero-order chi connectivity index (χ0) is 19.2. The van der Waals surface area contributed by atoms with Gasteiger partial charge in [0, 0.05) is 30.2 Å². The summed E-state index contributed by atoms with van der Waals surface area (Å²) >= 11 is 5.85. The van der Waals surface area contributed by atoms with Crippen molar-refractivity contribution in [2.75, 3.05) is 11.9 Å². The molecule has 0 aromatic heterocycles. The van der Waals surface area contributed by atoms with Crippen molar-refractivity contribution in [3.63, 3.8) is 0 Å². The summed E-state index contributed by atoms with van der Waals surface area (Å²) in [6, 6.07) is 14.8. The molecule has 0 aliphatic carbocycles. The molecule has 3 amide bonds. The Balaban J connectivity index is 1.53. The van der Waals surface area contributed by atoms with E-state index in [2.05, 4.69) is 10.6 Å². The number of benzene rings is 2. The second kappa shape index (κ2) is 8.91. The molecule has 0 spiro atoms. The van der Waals surface area contributed by atoms with Gasteiger partial charge in [-0.15, -0.1) is 0 Å². The monoisotopic (exact) mass is 385 g/mol. The highest BCUT2D eigenvalue weighted by atomic mass is 35.5. The third kappa shape index (κ3) is 5.23. The molecule has 2 N–H and O–H groups in total. The van der Waals surface area contributed by atoms with Gasteiger partial charge in [-0.25, -0.2) is 4.79 Å². The Labute approximate surface area is 164 Å². The van der Waals surface area contributed by atoms with Gasteiger partial charge in [0.15, 0.2) is 0 Å². The number of carbonyl (C=O) groups excluding carboxylic acids is 2. The molecule has 0 radical (unpaired) electrons. The number of carbonyl (C=O) groups is 2. The summed E-state index contributed by atoms with van der Waals surface area (Å²) < 4.78 is 0. The van der Waals surface area contributed by atoms with E-state index in [1.54, 1.807) is 12.1 Å². The molecule has 6 heteroatoms. The summed E-state index contributed by atoms with van der Waals surface area (Å²) in [5, 5.41) is 6.31. The molecule has 0 saturated carbocycles. The van der Waals surface area contributed by atoms with Crippen molar-refractivity contribution in [1.82, 2.24) is 10.2 Å². The number of amides is 3. The van der Waals surface area contributed by atoms with Crippen LogP contribution in [0.1, 0.15) is 43.4 Å². The molecule has 27 heavy (non-hydrogen) atoms. The van der Waals surface area contributed by atoms with Gasteiger partial charge in [0.1, 0.15) is 0 Å². The van der Waals surface area contributed by atoms with E-state index in [9.17, 15) is 9.59 Å². The predicted octanol–water partition coefficient (Wildman–Crippen LogP) is 4.74. The Morgan fingerprint density at radius 2 is 1.81 bits per heavy atom. The summed E-state index contributed by atoms with van der Waals surface area (Å²) in [6.07, 6.45) is 2.68. The normalized spacial score (nSPS) is 15.3. The zero-order valence-corrected chi connectivity index (χ0v) is 16.1. The fourth-order valence-electron chi connectivity index (χ4n) is 3.22.